The number of nitrogens with one attached hydrogen (secondary N) is 2. The molecule has 0 aliphatic heterocycles. The molecule has 0 spiro atoms. The fourth-order valence-corrected chi connectivity index (χ4v) is 2.51. The van der Waals surface area contributed by atoms with Gasteiger partial charge >= 0.3 is 0 Å². The second-order valence-electron chi connectivity index (χ2n) is 5.21. The zero-order chi connectivity index (χ0) is 16.7. The van der Waals surface area contributed by atoms with Crippen molar-refractivity contribution in [2.75, 3.05) is 13.6 Å². The van der Waals surface area contributed by atoms with E-state index < -0.39 is 0 Å². The molecule has 0 bridgehead atoms. The normalized spacial score (nSPS) is 11.1. The van der Waals surface area contributed by atoms with Gasteiger partial charge in [-0.15, -0.1) is 24.0 Å². The van der Waals surface area contributed by atoms with Crippen LogP contribution in [0.3, 0.4) is 0 Å². The fourth-order valence-electron chi connectivity index (χ4n) is 2.18. The quantitative estimate of drug-likeness (QED) is 0.272. The highest BCUT2D eigenvalue weighted by Crippen LogP contribution is 2.16. The molecule has 0 fully saturated rings. The number of guanidine groups is 1. The third-order valence-corrected chi connectivity index (χ3v) is 3.87. The topological polar surface area (TPSA) is 54.2 Å². The van der Waals surface area contributed by atoms with Gasteiger partial charge in [0, 0.05) is 43.4 Å². The van der Waals surface area contributed by atoms with Crippen LogP contribution in [0.4, 0.5) is 4.39 Å². The molecule has 132 valence electrons. The molecule has 0 atom stereocenters. The SMILES string of the molecule is CN=C(NCCCc1ccc(Br)cc1F)NCc1cnn(C)c1.I. The van der Waals surface area contributed by atoms with E-state index in [1.807, 2.05) is 31.6 Å². The maximum Gasteiger partial charge on any atom is 0.191 e. The predicted molar refractivity (Wildman–Crippen MR) is 109 cm³/mol. The van der Waals surface area contributed by atoms with Gasteiger partial charge in [-0.3, -0.25) is 9.67 Å². The minimum atomic E-state index is -0.168. The van der Waals surface area contributed by atoms with Gasteiger partial charge in [-0.2, -0.15) is 5.10 Å². The van der Waals surface area contributed by atoms with E-state index in [1.165, 1.54) is 6.07 Å². The number of aliphatic imine (C=N–C) groups is 1. The van der Waals surface area contributed by atoms with Crippen LogP contribution in [0, 0.1) is 5.82 Å². The van der Waals surface area contributed by atoms with E-state index in [0.717, 1.165) is 34.5 Å². The minimum Gasteiger partial charge on any atom is -0.356 e. The molecule has 0 unspecified atom stereocenters. The van der Waals surface area contributed by atoms with Gasteiger partial charge < -0.3 is 10.6 Å². The monoisotopic (exact) mass is 509 g/mol. The number of halogens is 3. The number of hydrogen-bond donors (Lipinski definition) is 2. The first-order valence-electron chi connectivity index (χ1n) is 7.44. The van der Waals surface area contributed by atoms with Gasteiger partial charge in [0.05, 0.1) is 6.20 Å². The summed E-state index contributed by atoms with van der Waals surface area (Å²) in [5.74, 6) is 0.559. The van der Waals surface area contributed by atoms with Gasteiger partial charge in [0.2, 0.25) is 0 Å². The molecule has 8 heteroatoms. The van der Waals surface area contributed by atoms with Gasteiger partial charge in [-0.25, -0.2) is 4.39 Å². The Morgan fingerprint density at radius 2 is 2.17 bits per heavy atom. The van der Waals surface area contributed by atoms with Gasteiger partial charge in [0.15, 0.2) is 5.96 Å². The molecule has 2 aromatic rings. The average Bonchev–Trinajstić information content (AvgIpc) is 2.94. The molecule has 5 nitrogen and oxygen atoms in total. The summed E-state index contributed by atoms with van der Waals surface area (Å²) < 4.78 is 16.2. The summed E-state index contributed by atoms with van der Waals surface area (Å²) in [6.07, 6.45) is 5.28. The van der Waals surface area contributed by atoms with Crippen LogP contribution < -0.4 is 10.6 Å². The average molecular weight is 510 g/mol. The molecule has 1 aromatic heterocycles. The molecule has 2 rings (SSSR count). The third-order valence-electron chi connectivity index (χ3n) is 3.37. The van der Waals surface area contributed by atoms with Crippen molar-refractivity contribution in [2.45, 2.75) is 19.4 Å². The van der Waals surface area contributed by atoms with Crippen LogP contribution >= 0.6 is 39.9 Å². The van der Waals surface area contributed by atoms with Crippen LogP contribution in [0.2, 0.25) is 0 Å². The van der Waals surface area contributed by atoms with Crippen LogP contribution in [0.25, 0.3) is 0 Å². The lowest BCUT2D eigenvalue weighted by Crippen LogP contribution is -2.37. The van der Waals surface area contributed by atoms with Crippen LogP contribution in [-0.4, -0.2) is 29.3 Å². The second-order valence-corrected chi connectivity index (χ2v) is 6.13. The van der Waals surface area contributed by atoms with Crippen molar-refractivity contribution < 1.29 is 4.39 Å². The first-order chi connectivity index (χ1) is 11.1. The standard InChI is InChI=1S/C16H21BrFN5.HI/c1-19-16(21-9-12-10-22-23(2)11-12)20-7-3-4-13-5-6-14(17)8-15(13)18;/h5-6,8,10-11H,3-4,7,9H2,1-2H3,(H2,19,20,21);1H. The Bertz CT molecular complexity index is 674. The highest BCUT2D eigenvalue weighted by molar-refractivity contribution is 14.0. The molecule has 0 radical (unpaired) electrons. The first-order valence-corrected chi connectivity index (χ1v) is 8.23. The Labute approximate surface area is 167 Å². The summed E-state index contributed by atoms with van der Waals surface area (Å²) in [5, 5.41) is 10.6. The van der Waals surface area contributed by atoms with E-state index in [1.54, 1.807) is 11.7 Å². The Hall–Kier alpha value is -1.16. The highest BCUT2D eigenvalue weighted by Gasteiger charge is 2.03. The zero-order valence-corrected chi connectivity index (χ0v) is 17.6. The van der Waals surface area contributed by atoms with Crippen LogP contribution in [0.1, 0.15) is 17.5 Å². The number of aryl methyl sites for hydroxylation is 2. The van der Waals surface area contributed by atoms with Crippen molar-refractivity contribution in [2.24, 2.45) is 12.0 Å². The summed E-state index contributed by atoms with van der Waals surface area (Å²) >= 11 is 3.26. The van der Waals surface area contributed by atoms with Crippen molar-refractivity contribution in [1.29, 1.82) is 0 Å². The molecule has 0 saturated carbocycles. The molecule has 1 heterocycles. The summed E-state index contributed by atoms with van der Waals surface area (Å²) in [4.78, 5) is 4.17. The Morgan fingerprint density at radius 3 is 2.79 bits per heavy atom. The predicted octanol–water partition coefficient (Wildman–Crippen LogP) is 3.24. The molecular formula is C16H22BrFIN5. The first kappa shape index (κ1) is 20.9. The van der Waals surface area contributed by atoms with Crippen molar-refractivity contribution in [1.82, 2.24) is 20.4 Å². The van der Waals surface area contributed by atoms with Gasteiger partial charge in [-0.05, 0) is 30.5 Å². The van der Waals surface area contributed by atoms with Crippen LogP contribution in [0.15, 0.2) is 40.1 Å². The maximum absolute atomic E-state index is 13.7. The number of hydrogen-bond acceptors (Lipinski definition) is 2. The molecule has 0 aliphatic rings. The Balaban J connectivity index is 0.00000288. The van der Waals surface area contributed by atoms with Crippen molar-refractivity contribution in [3.05, 3.63) is 52.0 Å². The lowest BCUT2D eigenvalue weighted by Gasteiger charge is -2.11. The summed E-state index contributed by atoms with van der Waals surface area (Å²) in [6, 6.07) is 5.17. The molecule has 0 amide bonds. The fraction of sp³-hybridized carbons (Fsp3) is 0.375. The minimum absolute atomic E-state index is 0. The van der Waals surface area contributed by atoms with Gasteiger partial charge in [0.1, 0.15) is 5.82 Å². The number of rotatable bonds is 6. The van der Waals surface area contributed by atoms with Gasteiger partial charge in [0.25, 0.3) is 0 Å². The zero-order valence-electron chi connectivity index (χ0n) is 13.7. The van der Waals surface area contributed by atoms with Crippen LogP contribution in [-0.2, 0) is 20.0 Å². The third kappa shape index (κ3) is 6.76. The van der Waals surface area contributed by atoms with Crippen molar-refractivity contribution >= 4 is 45.9 Å². The van der Waals surface area contributed by atoms with E-state index in [0.29, 0.717) is 13.0 Å². The van der Waals surface area contributed by atoms with E-state index in [2.05, 4.69) is 36.7 Å². The van der Waals surface area contributed by atoms with Crippen LogP contribution in [0.5, 0.6) is 0 Å². The molecular weight excluding hydrogens is 488 g/mol. The molecule has 24 heavy (non-hydrogen) atoms. The molecule has 0 aliphatic carbocycles. The van der Waals surface area contributed by atoms with E-state index in [9.17, 15) is 4.39 Å². The van der Waals surface area contributed by atoms with Gasteiger partial charge in [-0.1, -0.05) is 22.0 Å². The number of benzene rings is 1. The number of aromatic nitrogens is 2. The van der Waals surface area contributed by atoms with E-state index >= 15 is 0 Å². The number of nitrogens with zero attached hydrogens (tertiary/aromatic N) is 3. The largest absolute Gasteiger partial charge is 0.356 e. The smallest absolute Gasteiger partial charge is 0.191 e. The Kier molecular flexibility index (Phi) is 9.27. The maximum atomic E-state index is 13.7. The highest BCUT2D eigenvalue weighted by atomic mass is 127. The summed E-state index contributed by atoms with van der Waals surface area (Å²) in [5.41, 5.74) is 1.82. The second kappa shape index (κ2) is 10.7. The lowest BCUT2D eigenvalue weighted by molar-refractivity contribution is 0.602. The Morgan fingerprint density at radius 1 is 1.38 bits per heavy atom. The molecule has 1 aromatic carbocycles. The summed E-state index contributed by atoms with van der Waals surface area (Å²) in [6.45, 7) is 1.39. The summed E-state index contributed by atoms with van der Waals surface area (Å²) in [7, 11) is 3.62. The molecule has 2 N–H and O–H groups in total. The molecule has 0 saturated heterocycles. The van der Waals surface area contributed by atoms with E-state index in [-0.39, 0.29) is 29.8 Å². The van der Waals surface area contributed by atoms with Crippen molar-refractivity contribution in [3.63, 3.8) is 0 Å². The van der Waals surface area contributed by atoms with Crippen molar-refractivity contribution in [3.8, 4) is 0 Å². The lowest BCUT2D eigenvalue weighted by atomic mass is 10.1. The van der Waals surface area contributed by atoms with E-state index in [4.69, 9.17) is 0 Å².